The zero-order valence-corrected chi connectivity index (χ0v) is 29.0. The number of carbonyl (C=O) groups is 2. The molecule has 2 aromatic heterocycles. The van der Waals surface area contributed by atoms with Crippen molar-refractivity contribution in [3.8, 4) is 17.0 Å². The molecule has 2 aromatic carbocycles. The maximum Gasteiger partial charge on any atom is 0.407 e. The highest BCUT2D eigenvalue weighted by atomic mass is 32.1. The number of hydrogen-bond donors (Lipinski definition) is 4. The van der Waals surface area contributed by atoms with Gasteiger partial charge in [0.25, 0.3) is 0 Å². The fourth-order valence-corrected chi connectivity index (χ4v) is 7.04. The van der Waals surface area contributed by atoms with Gasteiger partial charge in [-0.05, 0) is 98.7 Å². The van der Waals surface area contributed by atoms with Crippen LogP contribution in [0, 0.1) is 11.7 Å². The Kier molecular flexibility index (Phi) is 11.7. The molecule has 1 aliphatic rings. The van der Waals surface area contributed by atoms with E-state index in [-0.39, 0.29) is 19.3 Å². The molecule has 1 aliphatic carbocycles. The van der Waals surface area contributed by atoms with Crippen molar-refractivity contribution in [2.75, 3.05) is 7.11 Å². The molecule has 4 aromatic rings. The molecule has 5 atom stereocenters. The van der Waals surface area contributed by atoms with E-state index in [1.54, 1.807) is 69.7 Å². The van der Waals surface area contributed by atoms with Crippen molar-refractivity contribution >= 4 is 23.3 Å². The summed E-state index contributed by atoms with van der Waals surface area (Å²) in [5.41, 5.74) is 3.08. The van der Waals surface area contributed by atoms with Crippen molar-refractivity contribution in [3.63, 3.8) is 0 Å². The molecular formula is C38H44FN3O6S. The number of nitrogens with one attached hydrogen (secondary N) is 2. The van der Waals surface area contributed by atoms with Gasteiger partial charge in [-0.2, -0.15) is 0 Å². The monoisotopic (exact) mass is 689 g/mol. The number of aliphatic hydroxyl groups excluding tert-OH is 2. The molecule has 0 aliphatic heterocycles. The van der Waals surface area contributed by atoms with E-state index in [4.69, 9.17) is 9.47 Å². The number of methoxy groups -OCH3 is 1. The predicted molar refractivity (Wildman–Crippen MR) is 187 cm³/mol. The Morgan fingerprint density at radius 2 is 1.78 bits per heavy atom. The summed E-state index contributed by atoms with van der Waals surface area (Å²) >= 11 is 1.58. The van der Waals surface area contributed by atoms with Crippen molar-refractivity contribution in [3.05, 3.63) is 106 Å². The van der Waals surface area contributed by atoms with Gasteiger partial charge in [0.1, 0.15) is 11.4 Å². The van der Waals surface area contributed by atoms with Crippen LogP contribution >= 0.6 is 11.3 Å². The van der Waals surface area contributed by atoms with Crippen molar-refractivity contribution < 1.29 is 33.7 Å². The Morgan fingerprint density at radius 3 is 2.45 bits per heavy atom. The van der Waals surface area contributed by atoms with Crippen LogP contribution in [-0.2, 0) is 28.8 Å². The summed E-state index contributed by atoms with van der Waals surface area (Å²) < 4.78 is 25.6. The van der Waals surface area contributed by atoms with E-state index >= 15 is 0 Å². The fraction of sp³-hybridized carbons (Fsp3) is 0.395. The van der Waals surface area contributed by atoms with Crippen LogP contribution in [0.3, 0.4) is 0 Å². The first-order valence-electron chi connectivity index (χ1n) is 16.4. The van der Waals surface area contributed by atoms with Gasteiger partial charge in [-0.1, -0.05) is 42.5 Å². The Balaban J connectivity index is 1.38. The lowest BCUT2D eigenvalue weighted by molar-refractivity contribution is -0.128. The van der Waals surface area contributed by atoms with Gasteiger partial charge < -0.3 is 30.3 Å². The van der Waals surface area contributed by atoms with Gasteiger partial charge in [-0.15, -0.1) is 11.3 Å². The smallest absolute Gasteiger partial charge is 0.407 e. The summed E-state index contributed by atoms with van der Waals surface area (Å²) in [6.07, 6.45) is 0.419. The molecule has 0 fully saturated rings. The summed E-state index contributed by atoms with van der Waals surface area (Å²) in [5, 5.41) is 30.4. The molecule has 11 heteroatoms. The first kappa shape index (κ1) is 36.0. The predicted octanol–water partition coefficient (Wildman–Crippen LogP) is 6.17. The van der Waals surface area contributed by atoms with E-state index in [2.05, 4.69) is 15.6 Å². The number of alkyl carbamates (subject to hydrolysis) is 1. The SMILES string of the molecule is COc1ccc(-c2ccc(C[C@H](NC(=O)OC(C)(C)C)[C@@H](O)C[C@@H](Cc3ccccc3F)C(=O)N[C@H]3c4ccsc4CC[C@H]3O)cc2)cn1. The largest absolute Gasteiger partial charge is 0.481 e. The van der Waals surface area contributed by atoms with Crippen LogP contribution < -0.4 is 15.4 Å². The Bertz CT molecular complexity index is 1710. The van der Waals surface area contributed by atoms with E-state index in [0.717, 1.165) is 33.6 Å². The van der Waals surface area contributed by atoms with E-state index in [1.807, 2.05) is 41.8 Å². The number of thiophene rings is 1. The average Bonchev–Trinajstić information content (AvgIpc) is 3.55. The summed E-state index contributed by atoms with van der Waals surface area (Å²) in [6, 6.07) is 18.0. The number of benzene rings is 2. The molecule has 2 amide bonds. The third-order valence-corrected chi connectivity index (χ3v) is 9.64. The summed E-state index contributed by atoms with van der Waals surface area (Å²) in [4.78, 5) is 32.3. The second kappa shape index (κ2) is 15.9. The molecule has 0 unspecified atom stereocenters. The van der Waals surface area contributed by atoms with Crippen molar-refractivity contribution in [1.82, 2.24) is 15.6 Å². The van der Waals surface area contributed by atoms with E-state index < -0.39 is 53.6 Å². The quantitative estimate of drug-likeness (QED) is 0.140. The summed E-state index contributed by atoms with van der Waals surface area (Å²) in [7, 11) is 1.56. The Labute approximate surface area is 290 Å². The molecule has 0 saturated heterocycles. The van der Waals surface area contributed by atoms with Crippen LogP contribution in [0.4, 0.5) is 9.18 Å². The number of ether oxygens (including phenoxy) is 2. The topological polar surface area (TPSA) is 130 Å². The van der Waals surface area contributed by atoms with Crippen LogP contribution in [0.15, 0.2) is 78.3 Å². The lowest BCUT2D eigenvalue weighted by Gasteiger charge is -2.32. The molecule has 0 radical (unpaired) electrons. The van der Waals surface area contributed by atoms with Crippen molar-refractivity contribution in [2.45, 2.75) is 82.8 Å². The minimum Gasteiger partial charge on any atom is -0.481 e. The maximum absolute atomic E-state index is 14.9. The number of carbonyl (C=O) groups excluding carboxylic acids is 2. The molecule has 4 N–H and O–H groups in total. The zero-order valence-electron chi connectivity index (χ0n) is 28.2. The molecule has 0 bridgehead atoms. The summed E-state index contributed by atoms with van der Waals surface area (Å²) in [5.74, 6) is -1.24. The maximum atomic E-state index is 14.9. The van der Waals surface area contributed by atoms with Gasteiger partial charge in [0, 0.05) is 28.6 Å². The fourth-order valence-electron chi connectivity index (χ4n) is 6.10. The number of hydrogen-bond acceptors (Lipinski definition) is 8. The second-order valence-electron chi connectivity index (χ2n) is 13.4. The highest BCUT2D eigenvalue weighted by Crippen LogP contribution is 2.34. The van der Waals surface area contributed by atoms with Crippen LogP contribution in [0.1, 0.15) is 61.2 Å². The van der Waals surface area contributed by atoms with Crippen molar-refractivity contribution in [1.29, 1.82) is 0 Å². The lowest BCUT2D eigenvalue weighted by atomic mass is 9.86. The minimum atomic E-state index is -1.21. The van der Waals surface area contributed by atoms with E-state index in [0.29, 0.717) is 17.9 Å². The highest BCUT2D eigenvalue weighted by molar-refractivity contribution is 7.10. The first-order chi connectivity index (χ1) is 23.4. The van der Waals surface area contributed by atoms with Crippen LogP contribution in [0.25, 0.3) is 11.1 Å². The van der Waals surface area contributed by atoms with Crippen LogP contribution in [-0.4, -0.2) is 58.2 Å². The molecule has 0 saturated carbocycles. The third kappa shape index (κ3) is 9.65. The number of nitrogens with zero attached hydrogens (tertiary/aromatic N) is 1. The van der Waals surface area contributed by atoms with E-state index in [1.165, 1.54) is 6.07 Å². The average molecular weight is 690 g/mol. The highest BCUT2D eigenvalue weighted by Gasteiger charge is 2.35. The number of rotatable bonds is 12. The molecule has 9 nitrogen and oxygen atoms in total. The molecule has 2 heterocycles. The zero-order chi connectivity index (χ0) is 35.1. The van der Waals surface area contributed by atoms with Gasteiger partial charge in [0.2, 0.25) is 11.8 Å². The van der Waals surface area contributed by atoms with Gasteiger partial charge in [-0.25, -0.2) is 14.2 Å². The lowest BCUT2D eigenvalue weighted by Crippen LogP contribution is -2.49. The molecule has 260 valence electrons. The number of aromatic nitrogens is 1. The Hall–Kier alpha value is -4.32. The van der Waals surface area contributed by atoms with Crippen LogP contribution in [0.5, 0.6) is 5.88 Å². The first-order valence-corrected chi connectivity index (χ1v) is 17.3. The molecule has 0 spiro atoms. The summed E-state index contributed by atoms with van der Waals surface area (Å²) in [6.45, 7) is 5.24. The molecular weight excluding hydrogens is 645 g/mol. The number of fused-ring (bicyclic) bond motifs is 1. The normalized spacial score (nSPS) is 17.7. The number of amides is 2. The van der Waals surface area contributed by atoms with Gasteiger partial charge in [-0.3, -0.25) is 4.79 Å². The van der Waals surface area contributed by atoms with Gasteiger partial charge >= 0.3 is 6.09 Å². The standard InChI is InChI=1S/C38H44FN3O6S/c1-38(2,3)48-37(46)41-30(19-23-9-11-24(12-10-23)26-13-16-34(47-4)40-22-26)32(44)21-27(20-25-7-5-6-8-29(25)39)36(45)42-35-28-17-18-49-33(28)15-14-31(35)43/h5-13,16-18,22,27,30-32,35,43-44H,14-15,19-21H2,1-4H3,(H,41,46)(H,42,45)/t27-,30+,31-,32+,35+/m1/s1. The van der Waals surface area contributed by atoms with Gasteiger partial charge in [0.15, 0.2) is 0 Å². The molecule has 5 rings (SSSR count). The van der Waals surface area contributed by atoms with Crippen molar-refractivity contribution in [2.24, 2.45) is 5.92 Å². The third-order valence-electron chi connectivity index (χ3n) is 8.64. The Morgan fingerprint density at radius 1 is 1.04 bits per heavy atom. The number of aryl methyl sites for hydroxylation is 1. The van der Waals surface area contributed by atoms with Crippen LogP contribution in [0.2, 0.25) is 0 Å². The van der Waals surface area contributed by atoms with Gasteiger partial charge in [0.05, 0.1) is 31.4 Å². The molecule has 49 heavy (non-hydrogen) atoms. The minimum absolute atomic E-state index is 0.0125. The van der Waals surface area contributed by atoms with E-state index in [9.17, 15) is 24.2 Å². The number of halogens is 1. The second-order valence-corrected chi connectivity index (χ2v) is 14.4. The number of pyridine rings is 1. The number of aliphatic hydroxyl groups is 2.